The standard InChI is InChI=1S/C16H25N3O/c1-2-3-11-19(12-13-7-6-10-18-13)15-9-5-4-8-14(15)16(17)20/h4-5,8-9,13,18H,2-3,6-7,10-12H2,1H3,(H2,17,20). The van der Waals surface area contributed by atoms with E-state index in [0.29, 0.717) is 11.6 Å². The minimum absolute atomic E-state index is 0.346. The van der Waals surface area contributed by atoms with Gasteiger partial charge < -0.3 is 16.0 Å². The number of carbonyl (C=O) groups excluding carboxylic acids is 1. The van der Waals surface area contributed by atoms with Crippen LogP contribution < -0.4 is 16.0 Å². The van der Waals surface area contributed by atoms with Crippen molar-refractivity contribution in [2.45, 2.75) is 38.6 Å². The molecule has 1 amide bonds. The second-order valence-electron chi connectivity index (χ2n) is 5.47. The molecule has 0 saturated carbocycles. The fraction of sp³-hybridized carbons (Fsp3) is 0.562. The first-order valence-electron chi connectivity index (χ1n) is 7.59. The van der Waals surface area contributed by atoms with Crippen LogP contribution in [0.4, 0.5) is 5.69 Å². The van der Waals surface area contributed by atoms with Gasteiger partial charge in [0.2, 0.25) is 0 Å². The number of nitrogens with zero attached hydrogens (tertiary/aromatic N) is 1. The number of hydrogen-bond donors (Lipinski definition) is 2. The maximum absolute atomic E-state index is 11.6. The van der Waals surface area contributed by atoms with Gasteiger partial charge in [-0.25, -0.2) is 0 Å². The molecule has 1 saturated heterocycles. The molecular formula is C16H25N3O. The molecule has 0 radical (unpaired) electrons. The molecule has 1 atom stereocenters. The second-order valence-corrected chi connectivity index (χ2v) is 5.47. The number of anilines is 1. The molecule has 0 spiro atoms. The molecule has 0 bridgehead atoms. The number of nitrogens with two attached hydrogens (primary N) is 1. The van der Waals surface area contributed by atoms with Crippen LogP contribution >= 0.6 is 0 Å². The van der Waals surface area contributed by atoms with Crippen LogP contribution in [0.3, 0.4) is 0 Å². The molecule has 1 aliphatic rings. The van der Waals surface area contributed by atoms with Gasteiger partial charge in [-0.1, -0.05) is 25.5 Å². The monoisotopic (exact) mass is 275 g/mol. The van der Waals surface area contributed by atoms with Crippen molar-refractivity contribution in [3.63, 3.8) is 0 Å². The Morgan fingerprint density at radius 1 is 1.45 bits per heavy atom. The number of primary amides is 1. The minimum Gasteiger partial charge on any atom is -0.369 e. The predicted molar refractivity (Wildman–Crippen MR) is 83.1 cm³/mol. The Hall–Kier alpha value is -1.55. The lowest BCUT2D eigenvalue weighted by Gasteiger charge is -2.29. The van der Waals surface area contributed by atoms with Gasteiger partial charge in [0.15, 0.2) is 0 Å². The molecule has 0 aliphatic carbocycles. The van der Waals surface area contributed by atoms with Crippen LogP contribution in [0.25, 0.3) is 0 Å². The summed E-state index contributed by atoms with van der Waals surface area (Å²) in [6, 6.07) is 8.19. The lowest BCUT2D eigenvalue weighted by Crippen LogP contribution is -2.39. The maximum atomic E-state index is 11.6. The summed E-state index contributed by atoms with van der Waals surface area (Å²) in [6.07, 6.45) is 4.72. The number of benzene rings is 1. The molecule has 1 aromatic carbocycles. The smallest absolute Gasteiger partial charge is 0.250 e. The van der Waals surface area contributed by atoms with E-state index in [-0.39, 0.29) is 5.91 Å². The number of unbranched alkanes of at least 4 members (excludes halogenated alkanes) is 1. The zero-order chi connectivity index (χ0) is 14.4. The Morgan fingerprint density at radius 3 is 2.90 bits per heavy atom. The summed E-state index contributed by atoms with van der Waals surface area (Å²) in [4.78, 5) is 13.9. The Bertz CT molecular complexity index is 441. The molecule has 1 heterocycles. The average molecular weight is 275 g/mol. The van der Waals surface area contributed by atoms with Crippen LogP contribution in [-0.2, 0) is 0 Å². The number of nitrogens with one attached hydrogen (secondary N) is 1. The van der Waals surface area contributed by atoms with Crippen LogP contribution in [-0.4, -0.2) is 31.6 Å². The first-order chi connectivity index (χ1) is 9.72. The molecular weight excluding hydrogens is 250 g/mol. The van der Waals surface area contributed by atoms with Crippen molar-refractivity contribution in [2.24, 2.45) is 5.73 Å². The molecule has 4 nitrogen and oxygen atoms in total. The second kappa shape index (κ2) is 7.29. The number of amides is 1. The maximum Gasteiger partial charge on any atom is 0.250 e. The first kappa shape index (κ1) is 14.9. The molecule has 110 valence electrons. The van der Waals surface area contributed by atoms with E-state index in [1.165, 1.54) is 12.8 Å². The number of para-hydroxylation sites is 1. The van der Waals surface area contributed by atoms with Crippen LogP contribution in [0.2, 0.25) is 0 Å². The van der Waals surface area contributed by atoms with E-state index in [1.807, 2.05) is 24.3 Å². The van der Waals surface area contributed by atoms with Crippen molar-refractivity contribution in [3.05, 3.63) is 29.8 Å². The lowest BCUT2D eigenvalue weighted by atomic mass is 10.1. The van der Waals surface area contributed by atoms with Crippen molar-refractivity contribution in [2.75, 3.05) is 24.5 Å². The quantitative estimate of drug-likeness (QED) is 0.801. The molecule has 3 N–H and O–H groups in total. The van der Waals surface area contributed by atoms with E-state index < -0.39 is 0 Å². The van der Waals surface area contributed by atoms with Crippen molar-refractivity contribution in [3.8, 4) is 0 Å². The Labute approximate surface area is 121 Å². The van der Waals surface area contributed by atoms with Crippen molar-refractivity contribution in [1.82, 2.24) is 5.32 Å². The van der Waals surface area contributed by atoms with Gasteiger partial charge in [-0.05, 0) is 37.9 Å². The van der Waals surface area contributed by atoms with Crippen molar-refractivity contribution in [1.29, 1.82) is 0 Å². The van der Waals surface area contributed by atoms with Gasteiger partial charge in [-0.2, -0.15) is 0 Å². The van der Waals surface area contributed by atoms with E-state index in [9.17, 15) is 4.79 Å². The van der Waals surface area contributed by atoms with Crippen LogP contribution in [0.5, 0.6) is 0 Å². The van der Waals surface area contributed by atoms with Crippen LogP contribution in [0.15, 0.2) is 24.3 Å². The first-order valence-corrected chi connectivity index (χ1v) is 7.59. The van der Waals surface area contributed by atoms with Gasteiger partial charge in [-0.3, -0.25) is 4.79 Å². The molecule has 2 rings (SSSR count). The summed E-state index contributed by atoms with van der Waals surface area (Å²) >= 11 is 0. The summed E-state index contributed by atoms with van der Waals surface area (Å²) in [5, 5.41) is 3.52. The zero-order valence-electron chi connectivity index (χ0n) is 12.3. The van der Waals surface area contributed by atoms with Crippen molar-refractivity contribution >= 4 is 11.6 Å². The topological polar surface area (TPSA) is 58.4 Å². The Kier molecular flexibility index (Phi) is 5.41. The van der Waals surface area contributed by atoms with E-state index in [4.69, 9.17) is 5.73 Å². The van der Waals surface area contributed by atoms with Gasteiger partial charge >= 0.3 is 0 Å². The highest BCUT2D eigenvalue weighted by molar-refractivity contribution is 5.98. The largest absolute Gasteiger partial charge is 0.369 e. The van der Waals surface area contributed by atoms with Gasteiger partial charge in [0.1, 0.15) is 0 Å². The Morgan fingerprint density at radius 2 is 2.25 bits per heavy atom. The molecule has 4 heteroatoms. The third kappa shape index (κ3) is 3.73. The normalized spacial score (nSPS) is 18.1. The molecule has 1 fully saturated rings. The molecule has 0 aromatic heterocycles. The average Bonchev–Trinajstić information content (AvgIpc) is 2.96. The van der Waals surface area contributed by atoms with Gasteiger partial charge in [0.05, 0.1) is 5.56 Å². The third-order valence-corrected chi connectivity index (χ3v) is 3.89. The zero-order valence-corrected chi connectivity index (χ0v) is 12.3. The van der Waals surface area contributed by atoms with E-state index >= 15 is 0 Å². The fourth-order valence-electron chi connectivity index (χ4n) is 2.80. The highest BCUT2D eigenvalue weighted by atomic mass is 16.1. The highest BCUT2D eigenvalue weighted by Crippen LogP contribution is 2.22. The van der Waals surface area contributed by atoms with E-state index in [0.717, 1.165) is 38.2 Å². The molecule has 20 heavy (non-hydrogen) atoms. The van der Waals surface area contributed by atoms with Gasteiger partial charge in [-0.15, -0.1) is 0 Å². The number of hydrogen-bond acceptors (Lipinski definition) is 3. The molecule has 1 aliphatic heterocycles. The van der Waals surface area contributed by atoms with Crippen molar-refractivity contribution < 1.29 is 4.79 Å². The fourth-order valence-corrected chi connectivity index (χ4v) is 2.80. The molecule has 1 unspecified atom stereocenters. The van der Waals surface area contributed by atoms with E-state index in [2.05, 4.69) is 17.1 Å². The molecule has 1 aromatic rings. The third-order valence-electron chi connectivity index (χ3n) is 3.89. The van der Waals surface area contributed by atoms with Gasteiger partial charge in [0, 0.05) is 24.8 Å². The summed E-state index contributed by atoms with van der Waals surface area (Å²) in [7, 11) is 0. The summed E-state index contributed by atoms with van der Waals surface area (Å²) < 4.78 is 0. The number of rotatable bonds is 7. The summed E-state index contributed by atoms with van der Waals surface area (Å²) in [5.41, 5.74) is 7.11. The van der Waals surface area contributed by atoms with Crippen LogP contribution in [0, 0.1) is 0 Å². The minimum atomic E-state index is -0.346. The highest BCUT2D eigenvalue weighted by Gasteiger charge is 2.20. The summed E-state index contributed by atoms with van der Waals surface area (Å²) in [6.45, 7) is 5.21. The van der Waals surface area contributed by atoms with Crippen LogP contribution in [0.1, 0.15) is 43.0 Å². The SMILES string of the molecule is CCCCN(CC1CCCN1)c1ccccc1C(N)=O. The lowest BCUT2D eigenvalue weighted by molar-refractivity contribution is 0.100. The Balaban J connectivity index is 2.18. The summed E-state index contributed by atoms with van der Waals surface area (Å²) in [5.74, 6) is -0.346. The van der Waals surface area contributed by atoms with E-state index in [1.54, 1.807) is 0 Å². The predicted octanol–water partition coefficient (Wildman–Crippen LogP) is 2.14. The number of carbonyl (C=O) groups is 1. The van der Waals surface area contributed by atoms with Gasteiger partial charge in [0.25, 0.3) is 5.91 Å².